The number of hydrogen-bond donors (Lipinski definition) is 1. The topological polar surface area (TPSA) is 41.3 Å². The van der Waals surface area contributed by atoms with Crippen LogP contribution in [0.5, 0.6) is 0 Å². The summed E-state index contributed by atoms with van der Waals surface area (Å²) in [6, 6.07) is 0. The molecule has 4 nitrogen and oxygen atoms in total. The highest BCUT2D eigenvalue weighted by Gasteiger charge is 2.20. The molecule has 1 N–H and O–H groups in total. The molecular weight excluding hydrogens is 226 g/mol. The number of hydrogen-bond acceptors (Lipinski definition) is 4. The van der Waals surface area contributed by atoms with Gasteiger partial charge in [-0.25, -0.2) is 0 Å². The van der Waals surface area contributed by atoms with Crippen molar-refractivity contribution in [3.63, 3.8) is 0 Å². The van der Waals surface area contributed by atoms with Crippen LogP contribution in [0.3, 0.4) is 0 Å². The first-order valence-corrected chi connectivity index (χ1v) is 7.05. The minimum atomic E-state index is 0.853. The van der Waals surface area contributed by atoms with E-state index in [-0.39, 0.29) is 0 Å². The highest BCUT2D eigenvalue weighted by Crippen LogP contribution is 2.21. The summed E-state index contributed by atoms with van der Waals surface area (Å²) in [5.74, 6) is 1.83. The third kappa shape index (κ3) is 3.33. The molecule has 0 aliphatic carbocycles. The van der Waals surface area contributed by atoms with Crippen molar-refractivity contribution in [2.75, 3.05) is 26.2 Å². The first-order chi connectivity index (χ1) is 8.70. The summed E-state index contributed by atoms with van der Waals surface area (Å²) >= 11 is 0. The van der Waals surface area contributed by atoms with Crippen LogP contribution in [0.4, 0.5) is 0 Å². The van der Waals surface area contributed by atoms with Crippen LogP contribution in [0.1, 0.15) is 36.8 Å². The largest absolute Gasteiger partial charge is 0.361 e. The van der Waals surface area contributed by atoms with Crippen molar-refractivity contribution in [1.29, 1.82) is 0 Å². The molecule has 4 heteroatoms. The first kappa shape index (κ1) is 13.6. The number of likely N-dealkylation sites (tertiary alicyclic amines) is 1. The molecule has 0 unspecified atom stereocenters. The molecule has 18 heavy (non-hydrogen) atoms. The Morgan fingerprint density at radius 1 is 1.33 bits per heavy atom. The number of nitrogens with one attached hydrogen (secondary N) is 1. The van der Waals surface area contributed by atoms with E-state index < -0.39 is 0 Å². The summed E-state index contributed by atoms with van der Waals surface area (Å²) in [6.45, 7) is 11.9. The van der Waals surface area contributed by atoms with Crippen LogP contribution in [-0.4, -0.2) is 36.2 Å². The first-order valence-electron chi connectivity index (χ1n) is 7.05. The normalized spacial score (nSPS) is 18.4. The van der Waals surface area contributed by atoms with Crippen molar-refractivity contribution < 1.29 is 4.52 Å². The predicted molar refractivity (Wildman–Crippen MR) is 72.5 cm³/mol. The van der Waals surface area contributed by atoms with Crippen LogP contribution >= 0.6 is 0 Å². The lowest BCUT2D eigenvalue weighted by atomic mass is 9.96. The van der Waals surface area contributed by atoms with Gasteiger partial charge in [0.2, 0.25) is 0 Å². The van der Waals surface area contributed by atoms with Crippen molar-refractivity contribution >= 4 is 0 Å². The molecule has 2 rings (SSSR count). The third-order valence-electron chi connectivity index (χ3n) is 3.95. The van der Waals surface area contributed by atoms with Gasteiger partial charge in [-0.2, -0.15) is 0 Å². The minimum absolute atomic E-state index is 0.853. The van der Waals surface area contributed by atoms with Crippen molar-refractivity contribution in [2.24, 2.45) is 5.92 Å². The minimum Gasteiger partial charge on any atom is -0.361 e. The van der Waals surface area contributed by atoms with Gasteiger partial charge in [0.25, 0.3) is 0 Å². The van der Waals surface area contributed by atoms with Gasteiger partial charge in [0, 0.05) is 12.1 Å². The molecule has 0 spiro atoms. The average molecular weight is 251 g/mol. The molecule has 0 radical (unpaired) electrons. The lowest BCUT2D eigenvalue weighted by Gasteiger charge is -2.31. The quantitative estimate of drug-likeness (QED) is 0.870. The Bertz CT molecular complexity index is 348. The summed E-state index contributed by atoms with van der Waals surface area (Å²) in [4.78, 5) is 2.52. The van der Waals surface area contributed by atoms with E-state index >= 15 is 0 Å². The maximum absolute atomic E-state index is 5.22. The van der Waals surface area contributed by atoms with E-state index in [0.29, 0.717) is 0 Å². The number of aromatic nitrogens is 1. The zero-order valence-corrected chi connectivity index (χ0v) is 11.8. The van der Waals surface area contributed by atoms with Gasteiger partial charge in [0.15, 0.2) is 0 Å². The highest BCUT2D eigenvalue weighted by molar-refractivity contribution is 5.20. The van der Waals surface area contributed by atoms with Crippen molar-refractivity contribution in [2.45, 2.75) is 40.2 Å². The van der Waals surface area contributed by atoms with Gasteiger partial charge in [0.1, 0.15) is 5.76 Å². The zero-order chi connectivity index (χ0) is 13.0. The predicted octanol–water partition coefficient (Wildman–Crippen LogP) is 2.11. The van der Waals surface area contributed by atoms with Crippen LogP contribution < -0.4 is 5.32 Å². The van der Waals surface area contributed by atoms with E-state index in [0.717, 1.165) is 30.5 Å². The Morgan fingerprint density at radius 2 is 2.06 bits per heavy atom. The van der Waals surface area contributed by atoms with Gasteiger partial charge in [-0.15, -0.1) is 0 Å². The maximum atomic E-state index is 5.22. The Labute approximate surface area is 110 Å². The summed E-state index contributed by atoms with van der Waals surface area (Å²) in [7, 11) is 0. The molecule has 1 aromatic rings. The molecule has 0 atom stereocenters. The molecular formula is C14H25N3O. The van der Waals surface area contributed by atoms with Gasteiger partial charge < -0.3 is 9.84 Å². The van der Waals surface area contributed by atoms with Crippen LogP contribution in [0.15, 0.2) is 4.52 Å². The zero-order valence-electron chi connectivity index (χ0n) is 11.8. The smallest absolute Gasteiger partial charge is 0.138 e. The standard InChI is InChI=1S/C14H25N3O/c1-4-15-9-13-5-7-17(8-6-13)10-14-11(2)16-18-12(14)3/h13,15H,4-10H2,1-3H3. The SMILES string of the molecule is CCNCC1CCN(Cc2c(C)noc2C)CC1. The molecule has 1 aliphatic rings. The van der Waals surface area contributed by atoms with Gasteiger partial charge in [-0.05, 0) is 58.8 Å². The van der Waals surface area contributed by atoms with E-state index in [4.69, 9.17) is 4.52 Å². The van der Waals surface area contributed by atoms with Gasteiger partial charge in [-0.1, -0.05) is 12.1 Å². The van der Waals surface area contributed by atoms with Crippen LogP contribution in [0.2, 0.25) is 0 Å². The Kier molecular flexibility index (Phi) is 4.78. The van der Waals surface area contributed by atoms with Crippen molar-refractivity contribution in [3.05, 3.63) is 17.0 Å². The summed E-state index contributed by atoms with van der Waals surface area (Å²) in [5, 5.41) is 7.48. The Hall–Kier alpha value is -0.870. The van der Waals surface area contributed by atoms with Crippen molar-refractivity contribution in [1.82, 2.24) is 15.4 Å². The maximum Gasteiger partial charge on any atom is 0.138 e. The van der Waals surface area contributed by atoms with Gasteiger partial charge in [-0.3, -0.25) is 4.90 Å². The molecule has 2 heterocycles. The van der Waals surface area contributed by atoms with Gasteiger partial charge >= 0.3 is 0 Å². The lowest BCUT2D eigenvalue weighted by Crippen LogP contribution is -2.37. The number of rotatable bonds is 5. The fourth-order valence-corrected chi connectivity index (χ4v) is 2.65. The molecule has 0 amide bonds. The molecule has 1 fully saturated rings. The van der Waals surface area contributed by atoms with E-state index in [1.54, 1.807) is 0 Å². The summed E-state index contributed by atoms with van der Waals surface area (Å²) in [5.41, 5.74) is 2.32. The second kappa shape index (κ2) is 6.34. The fourth-order valence-electron chi connectivity index (χ4n) is 2.65. The van der Waals surface area contributed by atoms with E-state index in [1.807, 2.05) is 13.8 Å². The monoisotopic (exact) mass is 251 g/mol. The van der Waals surface area contributed by atoms with E-state index in [1.165, 1.54) is 38.0 Å². The highest BCUT2D eigenvalue weighted by atomic mass is 16.5. The second-order valence-electron chi connectivity index (χ2n) is 5.33. The Morgan fingerprint density at radius 3 is 2.61 bits per heavy atom. The molecule has 1 aromatic heterocycles. The van der Waals surface area contributed by atoms with E-state index in [9.17, 15) is 0 Å². The van der Waals surface area contributed by atoms with Crippen LogP contribution in [-0.2, 0) is 6.54 Å². The van der Waals surface area contributed by atoms with Gasteiger partial charge in [0.05, 0.1) is 5.69 Å². The lowest BCUT2D eigenvalue weighted by molar-refractivity contribution is 0.175. The molecule has 0 aromatic carbocycles. The average Bonchev–Trinajstić information content (AvgIpc) is 2.70. The summed E-state index contributed by atoms with van der Waals surface area (Å²) < 4.78 is 5.22. The molecule has 1 aliphatic heterocycles. The summed E-state index contributed by atoms with van der Waals surface area (Å²) in [6.07, 6.45) is 2.60. The number of aryl methyl sites for hydroxylation is 2. The number of piperidine rings is 1. The second-order valence-corrected chi connectivity index (χ2v) is 5.33. The molecule has 0 bridgehead atoms. The number of nitrogens with zero attached hydrogens (tertiary/aromatic N) is 2. The van der Waals surface area contributed by atoms with Crippen LogP contribution in [0, 0.1) is 19.8 Å². The molecule has 1 saturated heterocycles. The van der Waals surface area contributed by atoms with Crippen molar-refractivity contribution in [3.8, 4) is 0 Å². The molecule has 0 saturated carbocycles. The third-order valence-corrected chi connectivity index (χ3v) is 3.95. The van der Waals surface area contributed by atoms with E-state index in [2.05, 4.69) is 22.3 Å². The van der Waals surface area contributed by atoms with Crippen LogP contribution in [0.25, 0.3) is 0 Å². The fraction of sp³-hybridized carbons (Fsp3) is 0.786. The Balaban J connectivity index is 1.80. The molecule has 102 valence electrons.